The zero-order valence-electron chi connectivity index (χ0n) is 18.8. The number of Topliss-reactive ketones (excluding diaryl/α,β-unsaturated/α-hetero) is 1. The second-order valence-electron chi connectivity index (χ2n) is 8.79. The van der Waals surface area contributed by atoms with E-state index in [1.165, 1.54) is 12.8 Å². The molecule has 0 saturated carbocycles. The van der Waals surface area contributed by atoms with E-state index in [2.05, 4.69) is 26.0 Å². The monoisotopic (exact) mass is 415 g/mol. The van der Waals surface area contributed by atoms with Gasteiger partial charge in [-0.05, 0) is 43.4 Å². The number of carbonyl (C=O) groups excluding carboxylic acids is 1. The maximum absolute atomic E-state index is 13.4. The lowest BCUT2D eigenvalue weighted by Crippen LogP contribution is -2.32. The Morgan fingerprint density at radius 2 is 1.74 bits per heavy atom. The fourth-order valence-electron chi connectivity index (χ4n) is 4.86. The molecule has 2 atom stereocenters. The molecule has 1 heterocycles. The Hall–Kier alpha value is -2.68. The molecule has 0 fully saturated rings. The Balaban J connectivity index is 1.56. The standard InChI is InChI=1S/C28H33NO2/c1-3-5-10-21-18-25-24(28(30)23(21)12-6-4-2)13-9-15-27(25)31-19-22-17-16-20-11-7-8-14-26(20)29-22/h7-9,11,13-17,21,23H,3-6,10,12,18-19H2,1-2H3. The Morgan fingerprint density at radius 3 is 2.58 bits per heavy atom. The molecule has 2 aromatic carbocycles. The van der Waals surface area contributed by atoms with Crippen LogP contribution in [0.25, 0.3) is 10.9 Å². The summed E-state index contributed by atoms with van der Waals surface area (Å²) in [5, 5.41) is 1.13. The number of para-hydroxylation sites is 1. The molecule has 0 bridgehead atoms. The van der Waals surface area contributed by atoms with E-state index in [1.807, 2.05) is 42.5 Å². The molecule has 0 N–H and O–H groups in total. The van der Waals surface area contributed by atoms with Crippen LogP contribution in [0.15, 0.2) is 54.6 Å². The number of hydrogen-bond donors (Lipinski definition) is 0. The van der Waals surface area contributed by atoms with Crippen LogP contribution in [0.2, 0.25) is 0 Å². The topological polar surface area (TPSA) is 39.2 Å². The van der Waals surface area contributed by atoms with Gasteiger partial charge in [0, 0.05) is 22.4 Å². The van der Waals surface area contributed by atoms with Crippen molar-refractivity contribution in [2.45, 2.75) is 65.4 Å². The van der Waals surface area contributed by atoms with E-state index >= 15 is 0 Å². The molecular weight excluding hydrogens is 382 g/mol. The zero-order valence-corrected chi connectivity index (χ0v) is 18.8. The van der Waals surface area contributed by atoms with E-state index in [1.54, 1.807) is 0 Å². The number of pyridine rings is 1. The lowest BCUT2D eigenvalue weighted by molar-refractivity contribution is 0.0828. The summed E-state index contributed by atoms with van der Waals surface area (Å²) in [5.41, 5.74) is 3.86. The summed E-state index contributed by atoms with van der Waals surface area (Å²) in [6, 6.07) is 18.2. The first-order chi connectivity index (χ1) is 15.2. The Labute approximate surface area is 185 Å². The van der Waals surface area contributed by atoms with Gasteiger partial charge in [-0.15, -0.1) is 0 Å². The molecule has 31 heavy (non-hydrogen) atoms. The van der Waals surface area contributed by atoms with Gasteiger partial charge in [0.25, 0.3) is 0 Å². The van der Waals surface area contributed by atoms with E-state index in [0.717, 1.165) is 65.6 Å². The summed E-state index contributed by atoms with van der Waals surface area (Å²) in [7, 11) is 0. The molecule has 3 heteroatoms. The summed E-state index contributed by atoms with van der Waals surface area (Å²) in [6.07, 6.45) is 7.68. The van der Waals surface area contributed by atoms with Crippen LogP contribution in [0.5, 0.6) is 5.75 Å². The van der Waals surface area contributed by atoms with E-state index in [9.17, 15) is 4.79 Å². The van der Waals surface area contributed by atoms with Gasteiger partial charge in [0.1, 0.15) is 12.4 Å². The second-order valence-corrected chi connectivity index (χ2v) is 8.79. The van der Waals surface area contributed by atoms with Crippen LogP contribution in [0.4, 0.5) is 0 Å². The molecule has 0 saturated heterocycles. The fourth-order valence-corrected chi connectivity index (χ4v) is 4.86. The molecule has 1 aromatic heterocycles. The number of nitrogens with zero attached hydrogens (tertiary/aromatic N) is 1. The molecule has 4 rings (SSSR count). The highest BCUT2D eigenvalue weighted by molar-refractivity contribution is 6.01. The van der Waals surface area contributed by atoms with E-state index in [-0.39, 0.29) is 5.92 Å². The van der Waals surface area contributed by atoms with Gasteiger partial charge in [-0.3, -0.25) is 4.79 Å². The van der Waals surface area contributed by atoms with Crippen molar-refractivity contribution >= 4 is 16.7 Å². The van der Waals surface area contributed by atoms with Crippen molar-refractivity contribution in [2.75, 3.05) is 0 Å². The summed E-state index contributed by atoms with van der Waals surface area (Å²) in [6.45, 7) is 4.84. The lowest BCUT2D eigenvalue weighted by atomic mass is 9.71. The van der Waals surface area contributed by atoms with Gasteiger partial charge in [-0.2, -0.15) is 0 Å². The average molecular weight is 416 g/mol. The highest BCUT2D eigenvalue weighted by Crippen LogP contribution is 2.40. The van der Waals surface area contributed by atoms with Gasteiger partial charge in [0.05, 0.1) is 11.2 Å². The molecule has 3 aromatic rings. The molecule has 0 radical (unpaired) electrons. The van der Waals surface area contributed by atoms with E-state index in [0.29, 0.717) is 18.3 Å². The van der Waals surface area contributed by atoms with Gasteiger partial charge < -0.3 is 4.74 Å². The minimum atomic E-state index is 0.163. The molecule has 162 valence electrons. The minimum absolute atomic E-state index is 0.163. The van der Waals surface area contributed by atoms with Crippen molar-refractivity contribution in [1.29, 1.82) is 0 Å². The Morgan fingerprint density at radius 1 is 0.935 bits per heavy atom. The van der Waals surface area contributed by atoms with Gasteiger partial charge in [0.15, 0.2) is 5.78 Å². The Bertz CT molecular complexity index is 1040. The minimum Gasteiger partial charge on any atom is -0.487 e. The van der Waals surface area contributed by atoms with Gasteiger partial charge in [-0.25, -0.2) is 4.98 Å². The quantitative estimate of drug-likeness (QED) is 0.372. The highest BCUT2D eigenvalue weighted by atomic mass is 16.5. The van der Waals surface area contributed by atoms with Crippen molar-refractivity contribution in [3.63, 3.8) is 0 Å². The SMILES string of the molecule is CCCCC1Cc2c(OCc3ccc4ccccc4n3)cccc2C(=O)C1CCCC. The van der Waals surface area contributed by atoms with Crippen LogP contribution in [0.3, 0.4) is 0 Å². The van der Waals surface area contributed by atoms with Crippen LogP contribution in [-0.4, -0.2) is 10.8 Å². The maximum Gasteiger partial charge on any atom is 0.166 e. The average Bonchev–Trinajstić information content (AvgIpc) is 2.81. The van der Waals surface area contributed by atoms with Crippen molar-refractivity contribution in [3.05, 3.63) is 71.4 Å². The van der Waals surface area contributed by atoms with Gasteiger partial charge in [0.2, 0.25) is 0 Å². The van der Waals surface area contributed by atoms with Crippen molar-refractivity contribution in [1.82, 2.24) is 4.98 Å². The highest BCUT2D eigenvalue weighted by Gasteiger charge is 2.35. The third-order valence-corrected chi connectivity index (χ3v) is 6.60. The molecule has 3 nitrogen and oxygen atoms in total. The first-order valence-corrected chi connectivity index (χ1v) is 11.8. The number of rotatable bonds is 9. The van der Waals surface area contributed by atoms with Crippen LogP contribution in [-0.2, 0) is 13.0 Å². The summed E-state index contributed by atoms with van der Waals surface area (Å²) in [4.78, 5) is 18.1. The number of ether oxygens (including phenoxy) is 1. The van der Waals surface area contributed by atoms with Crippen molar-refractivity contribution in [2.24, 2.45) is 11.8 Å². The predicted octanol–water partition coefficient (Wildman–Crippen LogP) is 7.17. The van der Waals surface area contributed by atoms with Crippen LogP contribution >= 0.6 is 0 Å². The van der Waals surface area contributed by atoms with Gasteiger partial charge in [-0.1, -0.05) is 75.9 Å². The molecule has 0 aliphatic heterocycles. The summed E-state index contributed by atoms with van der Waals surface area (Å²) in [5.74, 6) is 1.76. The van der Waals surface area contributed by atoms with Crippen LogP contribution < -0.4 is 4.74 Å². The Kier molecular flexibility index (Phi) is 7.01. The largest absolute Gasteiger partial charge is 0.487 e. The fraction of sp³-hybridized carbons (Fsp3) is 0.429. The number of unbranched alkanes of at least 4 members (excludes halogenated alkanes) is 2. The maximum atomic E-state index is 13.4. The smallest absolute Gasteiger partial charge is 0.166 e. The molecule has 1 aliphatic carbocycles. The summed E-state index contributed by atoms with van der Waals surface area (Å²) < 4.78 is 6.24. The number of benzene rings is 2. The zero-order chi connectivity index (χ0) is 21.6. The molecular formula is C28H33NO2. The third kappa shape index (κ3) is 4.81. The normalized spacial score (nSPS) is 18.2. The van der Waals surface area contributed by atoms with E-state index in [4.69, 9.17) is 9.72 Å². The first kappa shape index (κ1) is 21.5. The lowest BCUT2D eigenvalue weighted by Gasteiger charge is -2.33. The van der Waals surface area contributed by atoms with Crippen molar-refractivity contribution in [3.8, 4) is 5.75 Å². The van der Waals surface area contributed by atoms with Gasteiger partial charge >= 0.3 is 0 Å². The van der Waals surface area contributed by atoms with Crippen LogP contribution in [0.1, 0.15) is 74.0 Å². The number of hydrogen-bond acceptors (Lipinski definition) is 3. The predicted molar refractivity (Wildman–Crippen MR) is 127 cm³/mol. The number of ketones is 1. The molecule has 0 spiro atoms. The second kappa shape index (κ2) is 10.1. The molecule has 1 aliphatic rings. The number of aromatic nitrogens is 1. The first-order valence-electron chi connectivity index (χ1n) is 11.8. The van der Waals surface area contributed by atoms with Crippen molar-refractivity contribution < 1.29 is 9.53 Å². The third-order valence-electron chi connectivity index (χ3n) is 6.60. The number of carbonyl (C=O) groups is 1. The number of fused-ring (bicyclic) bond motifs is 2. The molecule has 2 unspecified atom stereocenters. The van der Waals surface area contributed by atoms with Crippen LogP contribution in [0, 0.1) is 11.8 Å². The molecule has 0 amide bonds. The van der Waals surface area contributed by atoms with E-state index < -0.39 is 0 Å². The summed E-state index contributed by atoms with van der Waals surface area (Å²) >= 11 is 0.